The smallest absolute Gasteiger partial charge is 0.182 e. The average Bonchev–Trinajstić information content (AvgIpc) is 3.04. The van der Waals surface area contributed by atoms with Gasteiger partial charge in [-0.3, -0.25) is 4.90 Å². The van der Waals surface area contributed by atoms with Crippen LogP contribution in [0.1, 0.15) is 18.4 Å². The van der Waals surface area contributed by atoms with Gasteiger partial charge in [0.1, 0.15) is 5.82 Å². The van der Waals surface area contributed by atoms with Crippen molar-refractivity contribution in [3.05, 3.63) is 34.6 Å². The molecule has 0 amide bonds. The van der Waals surface area contributed by atoms with Crippen LogP contribution in [0.2, 0.25) is 5.02 Å². The predicted octanol–water partition coefficient (Wildman–Crippen LogP) is 2.86. The van der Waals surface area contributed by atoms with Crippen molar-refractivity contribution >= 4 is 11.6 Å². The van der Waals surface area contributed by atoms with Gasteiger partial charge in [-0.1, -0.05) is 17.7 Å². The molecule has 5 heteroatoms. The zero-order valence-electron chi connectivity index (χ0n) is 11.4. The summed E-state index contributed by atoms with van der Waals surface area (Å²) in [5, 5.41) is 0.519. The molecule has 2 fully saturated rings. The molecule has 110 valence electrons. The zero-order valence-corrected chi connectivity index (χ0v) is 12.2. The van der Waals surface area contributed by atoms with Gasteiger partial charge in [-0.2, -0.15) is 0 Å². The molecule has 0 atom stereocenters. The Morgan fingerprint density at radius 3 is 2.85 bits per heavy atom. The summed E-state index contributed by atoms with van der Waals surface area (Å²) in [7, 11) is 0. The number of likely N-dealkylation sites (tertiary alicyclic amines) is 1. The van der Waals surface area contributed by atoms with Crippen LogP contribution < -0.4 is 0 Å². The molecular formula is C15H19ClFNO2. The van der Waals surface area contributed by atoms with Crippen LogP contribution in [0, 0.1) is 5.82 Å². The number of hydrogen-bond acceptors (Lipinski definition) is 3. The third-order valence-electron chi connectivity index (χ3n) is 4.05. The van der Waals surface area contributed by atoms with Crippen LogP contribution in [0.3, 0.4) is 0 Å². The fourth-order valence-corrected chi connectivity index (χ4v) is 3.26. The molecule has 20 heavy (non-hydrogen) atoms. The standard InChI is InChI=1S/C15H19ClFNO2/c16-13-4-1-5-14(17)12(13)3-2-7-18-8-6-15(11-18)19-9-10-20-15/h1,4-5H,2-3,6-11H2. The molecule has 3 nitrogen and oxygen atoms in total. The van der Waals surface area contributed by atoms with Crippen molar-refractivity contribution in [1.82, 2.24) is 4.90 Å². The molecule has 1 aromatic rings. The lowest BCUT2D eigenvalue weighted by molar-refractivity contribution is -0.145. The minimum atomic E-state index is -0.365. The fraction of sp³-hybridized carbons (Fsp3) is 0.600. The summed E-state index contributed by atoms with van der Waals surface area (Å²) in [5.41, 5.74) is 0.622. The maximum Gasteiger partial charge on any atom is 0.182 e. The summed E-state index contributed by atoms with van der Waals surface area (Å²) in [6, 6.07) is 4.84. The first-order chi connectivity index (χ1) is 9.69. The first kappa shape index (κ1) is 14.3. The van der Waals surface area contributed by atoms with E-state index >= 15 is 0 Å². The van der Waals surface area contributed by atoms with E-state index in [0.29, 0.717) is 30.2 Å². The number of halogens is 2. The topological polar surface area (TPSA) is 21.7 Å². The maximum absolute atomic E-state index is 13.7. The van der Waals surface area contributed by atoms with Gasteiger partial charge >= 0.3 is 0 Å². The Morgan fingerprint density at radius 1 is 1.30 bits per heavy atom. The molecule has 1 spiro atoms. The van der Waals surface area contributed by atoms with Crippen molar-refractivity contribution in [3.8, 4) is 0 Å². The maximum atomic E-state index is 13.7. The van der Waals surface area contributed by atoms with E-state index in [2.05, 4.69) is 4.90 Å². The normalized spacial score (nSPS) is 21.9. The third kappa shape index (κ3) is 2.98. The molecule has 0 unspecified atom stereocenters. The number of ether oxygens (including phenoxy) is 2. The lowest BCUT2D eigenvalue weighted by Gasteiger charge is -2.22. The summed E-state index contributed by atoms with van der Waals surface area (Å²) in [4.78, 5) is 2.32. The van der Waals surface area contributed by atoms with Gasteiger partial charge in [0.15, 0.2) is 5.79 Å². The van der Waals surface area contributed by atoms with Gasteiger partial charge in [0, 0.05) is 23.6 Å². The highest BCUT2D eigenvalue weighted by molar-refractivity contribution is 6.31. The molecule has 0 radical (unpaired) electrons. The Morgan fingerprint density at radius 2 is 2.10 bits per heavy atom. The SMILES string of the molecule is Fc1cccc(Cl)c1CCCN1CCC2(C1)OCCO2. The van der Waals surface area contributed by atoms with E-state index in [-0.39, 0.29) is 11.6 Å². The quantitative estimate of drug-likeness (QED) is 0.853. The molecule has 3 rings (SSSR count). The lowest BCUT2D eigenvalue weighted by atomic mass is 10.1. The van der Waals surface area contributed by atoms with Crippen molar-refractivity contribution in [3.63, 3.8) is 0 Å². The monoisotopic (exact) mass is 299 g/mol. The minimum Gasteiger partial charge on any atom is -0.346 e. The van der Waals surface area contributed by atoms with Gasteiger partial charge in [-0.25, -0.2) is 4.39 Å². The van der Waals surface area contributed by atoms with E-state index in [9.17, 15) is 4.39 Å². The second-order valence-electron chi connectivity index (χ2n) is 5.44. The molecule has 0 aliphatic carbocycles. The fourth-order valence-electron chi connectivity index (χ4n) is 3.00. The largest absolute Gasteiger partial charge is 0.346 e. The first-order valence-corrected chi connectivity index (χ1v) is 7.49. The van der Waals surface area contributed by atoms with Crippen LogP contribution in [-0.4, -0.2) is 43.5 Å². The van der Waals surface area contributed by atoms with Gasteiger partial charge in [0.25, 0.3) is 0 Å². The highest BCUT2D eigenvalue weighted by Crippen LogP contribution is 2.30. The van der Waals surface area contributed by atoms with Crippen molar-refractivity contribution in [2.24, 2.45) is 0 Å². The van der Waals surface area contributed by atoms with E-state index < -0.39 is 0 Å². The summed E-state index contributed by atoms with van der Waals surface area (Å²) in [5.74, 6) is -0.576. The minimum absolute atomic E-state index is 0.210. The van der Waals surface area contributed by atoms with E-state index in [1.54, 1.807) is 12.1 Å². The Bertz CT molecular complexity index is 457. The first-order valence-electron chi connectivity index (χ1n) is 7.12. The molecule has 0 saturated carbocycles. The molecular weight excluding hydrogens is 281 g/mol. The van der Waals surface area contributed by atoms with Gasteiger partial charge in [-0.05, 0) is 31.5 Å². The molecule has 1 aromatic carbocycles. The highest BCUT2D eigenvalue weighted by Gasteiger charge is 2.42. The summed E-state index contributed by atoms with van der Waals surface area (Å²) < 4.78 is 25.0. The van der Waals surface area contributed by atoms with Crippen LogP contribution >= 0.6 is 11.6 Å². The highest BCUT2D eigenvalue weighted by atomic mass is 35.5. The Labute approximate surface area is 123 Å². The number of rotatable bonds is 4. The van der Waals surface area contributed by atoms with Crippen molar-refractivity contribution < 1.29 is 13.9 Å². The van der Waals surface area contributed by atoms with E-state index in [4.69, 9.17) is 21.1 Å². The Kier molecular flexibility index (Phi) is 4.26. The van der Waals surface area contributed by atoms with Crippen LogP contribution in [0.4, 0.5) is 4.39 Å². The second kappa shape index (κ2) is 5.98. The van der Waals surface area contributed by atoms with Gasteiger partial charge in [-0.15, -0.1) is 0 Å². The van der Waals surface area contributed by atoms with Crippen LogP contribution in [0.25, 0.3) is 0 Å². The Balaban J connectivity index is 1.49. The Hall–Kier alpha value is -0.680. The van der Waals surface area contributed by atoms with Crippen LogP contribution in [-0.2, 0) is 15.9 Å². The average molecular weight is 300 g/mol. The summed E-state index contributed by atoms with van der Waals surface area (Å²) in [6.45, 7) is 4.10. The molecule has 0 aromatic heterocycles. The molecule has 0 N–H and O–H groups in total. The number of nitrogens with zero attached hydrogens (tertiary/aromatic N) is 1. The van der Waals surface area contributed by atoms with E-state index in [0.717, 1.165) is 32.5 Å². The van der Waals surface area contributed by atoms with Crippen molar-refractivity contribution in [2.45, 2.75) is 25.0 Å². The lowest BCUT2D eigenvalue weighted by Crippen LogP contribution is -2.34. The predicted molar refractivity (Wildman–Crippen MR) is 75.4 cm³/mol. The zero-order chi connectivity index (χ0) is 14.0. The van der Waals surface area contributed by atoms with Gasteiger partial charge < -0.3 is 9.47 Å². The summed E-state index contributed by atoms with van der Waals surface area (Å²) in [6.07, 6.45) is 2.47. The molecule has 2 heterocycles. The molecule has 0 bridgehead atoms. The number of benzene rings is 1. The molecule has 2 aliphatic rings. The van der Waals surface area contributed by atoms with Crippen LogP contribution in [0.5, 0.6) is 0 Å². The van der Waals surface area contributed by atoms with Gasteiger partial charge in [0.05, 0.1) is 19.8 Å². The van der Waals surface area contributed by atoms with E-state index in [1.165, 1.54) is 6.07 Å². The number of hydrogen-bond donors (Lipinski definition) is 0. The molecule has 2 aliphatic heterocycles. The van der Waals surface area contributed by atoms with Gasteiger partial charge in [0.2, 0.25) is 0 Å². The second-order valence-corrected chi connectivity index (χ2v) is 5.84. The summed E-state index contributed by atoms with van der Waals surface area (Å²) >= 11 is 6.03. The van der Waals surface area contributed by atoms with E-state index in [1.807, 2.05) is 0 Å². The molecule has 2 saturated heterocycles. The van der Waals surface area contributed by atoms with Crippen LogP contribution in [0.15, 0.2) is 18.2 Å². The van der Waals surface area contributed by atoms with Crippen molar-refractivity contribution in [2.75, 3.05) is 32.8 Å². The third-order valence-corrected chi connectivity index (χ3v) is 4.40. The van der Waals surface area contributed by atoms with Crippen molar-refractivity contribution in [1.29, 1.82) is 0 Å².